The molecule has 3 aromatic rings. The number of rotatable bonds is 6. The van der Waals surface area contributed by atoms with E-state index in [-0.39, 0.29) is 24.0 Å². The van der Waals surface area contributed by atoms with E-state index < -0.39 is 0 Å². The average Bonchev–Trinajstić information content (AvgIpc) is 3.07. The van der Waals surface area contributed by atoms with Gasteiger partial charge < -0.3 is 10.6 Å². The molecule has 0 bridgehead atoms. The predicted molar refractivity (Wildman–Crippen MR) is 126 cm³/mol. The Bertz CT molecular complexity index is 847. The van der Waals surface area contributed by atoms with Crippen molar-refractivity contribution in [2.45, 2.75) is 19.9 Å². The summed E-state index contributed by atoms with van der Waals surface area (Å²) in [7, 11) is 1.80. The molecule has 0 atom stereocenters. The molecule has 2 aromatic carbocycles. The number of aromatic nitrogens is 1. The molecule has 0 spiro atoms. The molecular formula is C21H25IN4S. The van der Waals surface area contributed by atoms with Crippen LogP contribution in [0.5, 0.6) is 0 Å². The zero-order valence-electron chi connectivity index (χ0n) is 15.6. The highest BCUT2D eigenvalue weighted by molar-refractivity contribution is 14.0. The molecule has 0 aliphatic rings. The van der Waals surface area contributed by atoms with Crippen LogP contribution in [-0.2, 0) is 13.0 Å². The third-order valence-electron chi connectivity index (χ3n) is 4.10. The predicted octanol–water partition coefficient (Wildman–Crippen LogP) is 4.64. The van der Waals surface area contributed by atoms with Crippen molar-refractivity contribution in [3.05, 3.63) is 76.8 Å². The number of thiazole rings is 1. The first kappa shape index (κ1) is 21.4. The van der Waals surface area contributed by atoms with Crippen LogP contribution in [0.3, 0.4) is 0 Å². The topological polar surface area (TPSA) is 49.3 Å². The van der Waals surface area contributed by atoms with Crippen molar-refractivity contribution in [3.8, 4) is 10.6 Å². The molecule has 0 aliphatic heterocycles. The highest BCUT2D eigenvalue weighted by Crippen LogP contribution is 2.27. The molecule has 1 heterocycles. The van der Waals surface area contributed by atoms with Crippen molar-refractivity contribution in [2.75, 3.05) is 13.6 Å². The van der Waals surface area contributed by atoms with Crippen LogP contribution in [0.15, 0.2) is 65.7 Å². The lowest BCUT2D eigenvalue weighted by Gasteiger charge is -2.11. The lowest BCUT2D eigenvalue weighted by molar-refractivity contribution is 0.796. The molecule has 1 aromatic heterocycles. The minimum absolute atomic E-state index is 0. The maximum absolute atomic E-state index is 4.70. The van der Waals surface area contributed by atoms with Gasteiger partial charge in [0.1, 0.15) is 5.01 Å². The van der Waals surface area contributed by atoms with Gasteiger partial charge in [-0.15, -0.1) is 35.3 Å². The van der Waals surface area contributed by atoms with E-state index in [0.717, 1.165) is 41.7 Å². The lowest BCUT2D eigenvalue weighted by Crippen LogP contribution is -2.37. The first-order chi connectivity index (χ1) is 12.8. The monoisotopic (exact) mass is 492 g/mol. The van der Waals surface area contributed by atoms with Gasteiger partial charge in [-0.25, -0.2) is 4.98 Å². The van der Waals surface area contributed by atoms with E-state index in [1.165, 1.54) is 10.4 Å². The molecule has 0 saturated carbocycles. The van der Waals surface area contributed by atoms with E-state index in [1.807, 2.05) is 24.3 Å². The summed E-state index contributed by atoms with van der Waals surface area (Å²) in [4.78, 5) is 10.2. The molecule has 0 fully saturated rings. The third-order valence-corrected chi connectivity index (χ3v) is 5.31. The van der Waals surface area contributed by atoms with Crippen LogP contribution in [0.25, 0.3) is 10.6 Å². The van der Waals surface area contributed by atoms with Gasteiger partial charge in [-0.1, -0.05) is 60.7 Å². The molecule has 0 radical (unpaired) electrons. The molecule has 0 saturated heterocycles. The molecular weight excluding hydrogens is 467 g/mol. The van der Waals surface area contributed by atoms with Gasteiger partial charge in [-0.3, -0.25) is 4.99 Å². The summed E-state index contributed by atoms with van der Waals surface area (Å²) in [6.07, 6.45) is 0.972. The number of hydrogen-bond donors (Lipinski definition) is 2. The van der Waals surface area contributed by atoms with E-state index in [0.29, 0.717) is 0 Å². The normalized spacial score (nSPS) is 11.0. The quantitative estimate of drug-likeness (QED) is 0.300. The number of halogens is 1. The molecule has 3 rings (SSSR count). The fourth-order valence-corrected chi connectivity index (χ4v) is 3.66. The first-order valence-electron chi connectivity index (χ1n) is 8.76. The summed E-state index contributed by atoms with van der Waals surface area (Å²) in [6, 6.07) is 20.8. The van der Waals surface area contributed by atoms with Crippen molar-refractivity contribution in [2.24, 2.45) is 4.99 Å². The Morgan fingerprint density at radius 1 is 1.00 bits per heavy atom. The molecule has 0 unspecified atom stereocenters. The van der Waals surface area contributed by atoms with Crippen molar-refractivity contribution in [1.82, 2.24) is 15.6 Å². The summed E-state index contributed by atoms with van der Waals surface area (Å²) in [5, 5.41) is 7.82. The minimum atomic E-state index is 0. The van der Waals surface area contributed by atoms with Gasteiger partial charge in [-0.2, -0.15) is 0 Å². The standard InChI is InChI=1S/C21H24N4S.HI/c1-16-19(26-20(25-16)18-11-7-4-8-12-18)15-24-21(22-2)23-14-13-17-9-5-3-6-10-17;/h3-12H,13-15H2,1-2H3,(H2,22,23,24);1H. The fraction of sp³-hybridized carbons (Fsp3) is 0.238. The van der Waals surface area contributed by atoms with Crippen molar-refractivity contribution in [1.29, 1.82) is 0 Å². The van der Waals surface area contributed by atoms with Crippen LogP contribution in [0.1, 0.15) is 16.1 Å². The van der Waals surface area contributed by atoms with Gasteiger partial charge in [0.15, 0.2) is 5.96 Å². The maximum atomic E-state index is 4.70. The molecule has 2 N–H and O–H groups in total. The van der Waals surface area contributed by atoms with Gasteiger partial charge in [0, 0.05) is 24.0 Å². The van der Waals surface area contributed by atoms with Gasteiger partial charge >= 0.3 is 0 Å². The highest BCUT2D eigenvalue weighted by Gasteiger charge is 2.09. The Labute approximate surface area is 182 Å². The second kappa shape index (κ2) is 11.0. The molecule has 0 amide bonds. The fourth-order valence-electron chi connectivity index (χ4n) is 2.65. The SMILES string of the molecule is CN=C(NCCc1ccccc1)NCc1sc(-c2ccccc2)nc1C.I. The number of hydrogen-bond acceptors (Lipinski definition) is 3. The molecule has 6 heteroatoms. The van der Waals surface area contributed by atoms with Crippen LogP contribution in [0.4, 0.5) is 0 Å². The molecule has 142 valence electrons. The average molecular weight is 492 g/mol. The number of guanidine groups is 1. The maximum Gasteiger partial charge on any atom is 0.191 e. The lowest BCUT2D eigenvalue weighted by atomic mass is 10.1. The number of benzene rings is 2. The van der Waals surface area contributed by atoms with Crippen LogP contribution in [0.2, 0.25) is 0 Å². The third kappa shape index (κ3) is 6.32. The summed E-state index contributed by atoms with van der Waals surface area (Å²) >= 11 is 1.73. The highest BCUT2D eigenvalue weighted by atomic mass is 127. The van der Waals surface area contributed by atoms with Crippen molar-refractivity contribution < 1.29 is 0 Å². The zero-order valence-corrected chi connectivity index (χ0v) is 18.8. The largest absolute Gasteiger partial charge is 0.356 e. The summed E-state index contributed by atoms with van der Waals surface area (Å²) in [6.45, 7) is 3.63. The number of aliphatic imine (C=N–C) groups is 1. The number of aryl methyl sites for hydroxylation is 1. The van der Waals surface area contributed by atoms with Crippen LogP contribution in [0, 0.1) is 6.92 Å². The Morgan fingerprint density at radius 3 is 2.33 bits per heavy atom. The van der Waals surface area contributed by atoms with Crippen LogP contribution < -0.4 is 10.6 Å². The van der Waals surface area contributed by atoms with E-state index in [9.17, 15) is 0 Å². The molecule has 4 nitrogen and oxygen atoms in total. The van der Waals surface area contributed by atoms with E-state index >= 15 is 0 Å². The number of nitrogens with one attached hydrogen (secondary N) is 2. The van der Waals surface area contributed by atoms with E-state index in [1.54, 1.807) is 18.4 Å². The minimum Gasteiger partial charge on any atom is -0.356 e. The zero-order chi connectivity index (χ0) is 18.2. The number of nitrogens with zero attached hydrogens (tertiary/aromatic N) is 2. The second-order valence-electron chi connectivity index (χ2n) is 5.98. The first-order valence-corrected chi connectivity index (χ1v) is 9.58. The van der Waals surface area contributed by atoms with Gasteiger partial charge in [-0.05, 0) is 18.9 Å². The Hall–Kier alpha value is -1.93. The Balaban J connectivity index is 0.00000261. The molecule has 27 heavy (non-hydrogen) atoms. The van der Waals surface area contributed by atoms with E-state index in [4.69, 9.17) is 4.98 Å². The van der Waals surface area contributed by atoms with Gasteiger partial charge in [0.25, 0.3) is 0 Å². The van der Waals surface area contributed by atoms with Crippen LogP contribution in [-0.4, -0.2) is 24.5 Å². The van der Waals surface area contributed by atoms with Crippen LogP contribution >= 0.6 is 35.3 Å². The Kier molecular flexibility index (Phi) is 8.74. The smallest absolute Gasteiger partial charge is 0.191 e. The van der Waals surface area contributed by atoms with Crippen molar-refractivity contribution in [3.63, 3.8) is 0 Å². The van der Waals surface area contributed by atoms with Crippen molar-refractivity contribution >= 4 is 41.3 Å². The van der Waals surface area contributed by atoms with Gasteiger partial charge in [0.05, 0.1) is 12.2 Å². The molecule has 0 aliphatic carbocycles. The summed E-state index contributed by atoms with van der Waals surface area (Å²) in [5.41, 5.74) is 3.56. The van der Waals surface area contributed by atoms with E-state index in [2.05, 4.69) is 58.9 Å². The Morgan fingerprint density at radius 2 is 1.67 bits per heavy atom. The second-order valence-corrected chi connectivity index (χ2v) is 7.07. The summed E-state index contributed by atoms with van der Waals surface area (Å²) in [5.74, 6) is 0.815. The van der Waals surface area contributed by atoms with Gasteiger partial charge in [0.2, 0.25) is 0 Å². The summed E-state index contributed by atoms with van der Waals surface area (Å²) < 4.78 is 0.